The summed E-state index contributed by atoms with van der Waals surface area (Å²) in [5.74, 6) is 0.942. The molecule has 0 aliphatic rings. The van der Waals surface area contributed by atoms with Crippen molar-refractivity contribution in [1.82, 2.24) is 9.78 Å². The number of hydrogen-bond acceptors (Lipinski definition) is 4. The van der Waals surface area contributed by atoms with E-state index < -0.39 is 10.8 Å². The Balaban J connectivity index is 2.80. The van der Waals surface area contributed by atoms with Gasteiger partial charge < -0.3 is 5.32 Å². The fourth-order valence-electron chi connectivity index (χ4n) is 1.72. The van der Waals surface area contributed by atoms with Crippen molar-refractivity contribution < 1.29 is 4.21 Å². The smallest absolute Gasteiger partial charge is 0.287 e. The van der Waals surface area contributed by atoms with Crippen LogP contribution in [0.15, 0.2) is 11.0 Å². The highest BCUT2D eigenvalue weighted by molar-refractivity contribution is 7.84. The lowest BCUT2D eigenvalue weighted by Crippen LogP contribution is -2.27. The summed E-state index contributed by atoms with van der Waals surface area (Å²) in [5.41, 5.74) is 0.252. The van der Waals surface area contributed by atoms with Crippen LogP contribution in [0.25, 0.3) is 0 Å². The molecule has 0 bridgehead atoms. The Morgan fingerprint density at radius 3 is 2.65 bits per heavy atom. The molecule has 1 N–H and O–H groups in total. The van der Waals surface area contributed by atoms with Gasteiger partial charge in [-0.05, 0) is 19.3 Å². The Kier molecular flexibility index (Phi) is 6.68. The maximum absolute atomic E-state index is 12.1. The van der Waals surface area contributed by atoms with Gasteiger partial charge in [-0.1, -0.05) is 25.4 Å². The molecule has 2 unspecified atom stereocenters. The number of nitrogens with zero attached hydrogens (tertiary/aromatic N) is 2. The maximum atomic E-state index is 12.1. The Morgan fingerprint density at radius 2 is 2.10 bits per heavy atom. The second-order valence-corrected chi connectivity index (χ2v) is 7.30. The summed E-state index contributed by atoms with van der Waals surface area (Å²) in [7, 11) is -0.819. The highest BCUT2D eigenvalue weighted by Gasteiger charge is 2.12. The number of nitrogens with one attached hydrogen (secondary N) is 1. The first-order chi connectivity index (χ1) is 9.31. The summed E-state index contributed by atoms with van der Waals surface area (Å²) in [6.45, 7) is 6.54. The molecule has 1 heterocycles. The van der Waals surface area contributed by atoms with Crippen LogP contribution in [-0.2, 0) is 17.3 Å². The third kappa shape index (κ3) is 5.25. The molecule has 5 nitrogen and oxygen atoms in total. The van der Waals surface area contributed by atoms with Gasteiger partial charge in [0, 0.05) is 35.4 Å². The largest absolute Gasteiger partial charge is 0.380 e. The van der Waals surface area contributed by atoms with Crippen molar-refractivity contribution in [3.05, 3.63) is 21.6 Å². The van der Waals surface area contributed by atoms with Gasteiger partial charge >= 0.3 is 0 Å². The minimum Gasteiger partial charge on any atom is -0.380 e. The molecule has 0 fully saturated rings. The predicted molar refractivity (Wildman–Crippen MR) is 85.0 cm³/mol. The van der Waals surface area contributed by atoms with E-state index in [-0.39, 0.29) is 16.6 Å². The van der Waals surface area contributed by atoms with Gasteiger partial charge in [-0.2, -0.15) is 5.10 Å². The van der Waals surface area contributed by atoms with Crippen molar-refractivity contribution in [3.63, 3.8) is 0 Å². The average molecular weight is 320 g/mol. The lowest BCUT2D eigenvalue weighted by Gasteiger charge is -2.16. The Hall–Kier alpha value is -0.880. The lowest BCUT2D eigenvalue weighted by atomic mass is 10.2. The summed E-state index contributed by atoms with van der Waals surface area (Å²) >= 11 is 6.09. The van der Waals surface area contributed by atoms with Gasteiger partial charge in [0.05, 0.1) is 11.9 Å². The molecule has 0 aliphatic carbocycles. The molecule has 0 spiro atoms. The Bertz CT molecular complexity index is 531. The van der Waals surface area contributed by atoms with Crippen LogP contribution in [0.2, 0.25) is 5.02 Å². The minimum atomic E-state index is -0.819. The maximum Gasteiger partial charge on any atom is 0.287 e. The zero-order chi connectivity index (χ0) is 15.3. The SMILES string of the molecule is CC(C)Cn1ncc(NC(C)CCS(C)=O)c(Cl)c1=O. The number of hydrogen-bond donors (Lipinski definition) is 1. The summed E-state index contributed by atoms with van der Waals surface area (Å²) < 4.78 is 12.4. The molecule has 1 aromatic heterocycles. The molecular formula is C13H22ClN3O2S. The highest BCUT2D eigenvalue weighted by Crippen LogP contribution is 2.17. The third-order valence-electron chi connectivity index (χ3n) is 2.76. The molecule has 0 saturated carbocycles. The zero-order valence-corrected chi connectivity index (χ0v) is 13.9. The van der Waals surface area contributed by atoms with Crippen LogP contribution >= 0.6 is 11.6 Å². The van der Waals surface area contributed by atoms with Crippen LogP contribution in [0.1, 0.15) is 27.2 Å². The van der Waals surface area contributed by atoms with E-state index in [1.165, 1.54) is 4.68 Å². The second kappa shape index (κ2) is 7.78. The lowest BCUT2D eigenvalue weighted by molar-refractivity contribution is 0.464. The molecule has 0 aliphatic heterocycles. The molecule has 114 valence electrons. The zero-order valence-electron chi connectivity index (χ0n) is 12.4. The van der Waals surface area contributed by atoms with Gasteiger partial charge in [-0.3, -0.25) is 9.00 Å². The number of halogens is 1. The molecule has 1 rings (SSSR count). The van der Waals surface area contributed by atoms with E-state index in [0.29, 0.717) is 23.9 Å². The number of rotatable bonds is 7. The van der Waals surface area contributed by atoms with Crippen molar-refractivity contribution in [2.75, 3.05) is 17.3 Å². The van der Waals surface area contributed by atoms with Crippen LogP contribution in [-0.4, -0.2) is 32.0 Å². The van der Waals surface area contributed by atoms with Gasteiger partial charge in [-0.25, -0.2) is 4.68 Å². The van der Waals surface area contributed by atoms with Gasteiger partial charge in [-0.15, -0.1) is 0 Å². The highest BCUT2D eigenvalue weighted by atomic mass is 35.5. The van der Waals surface area contributed by atoms with Gasteiger partial charge in [0.25, 0.3) is 5.56 Å². The number of aromatic nitrogens is 2. The number of anilines is 1. The summed E-state index contributed by atoms with van der Waals surface area (Å²) in [6.07, 6.45) is 3.99. The van der Waals surface area contributed by atoms with Crippen LogP contribution in [0.4, 0.5) is 5.69 Å². The Morgan fingerprint density at radius 1 is 1.45 bits per heavy atom. The Labute approximate surface area is 127 Å². The van der Waals surface area contributed by atoms with E-state index in [0.717, 1.165) is 6.42 Å². The van der Waals surface area contributed by atoms with E-state index in [1.54, 1.807) is 12.5 Å². The first-order valence-electron chi connectivity index (χ1n) is 6.63. The molecule has 0 amide bonds. The standard InChI is InChI=1S/C13H22ClN3O2S/c1-9(2)8-17-13(18)12(14)11(7-15-17)16-10(3)5-6-20(4)19/h7,9-10,16H,5-6,8H2,1-4H3. The van der Waals surface area contributed by atoms with E-state index in [4.69, 9.17) is 11.6 Å². The van der Waals surface area contributed by atoms with E-state index in [9.17, 15) is 9.00 Å². The van der Waals surface area contributed by atoms with Crippen molar-refractivity contribution in [3.8, 4) is 0 Å². The molecule has 20 heavy (non-hydrogen) atoms. The van der Waals surface area contributed by atoms with Crippen molar-refractivity contribution in [2.45, 2.75) is 39.8 Å². The summed E-state index contributed by atoms with van der Waals surface area (Å²) in [5, 5.41) is 7.43. The molecule has 0 aromatic carbocycles. The third-order valence-corrected chi connectivity index (χ3v) is 3.94. The van der Waals surface area contributed by atoms with Gasteiger partial charge in [0.2, 0.25) is 0 Å². The molecule has 7 heteroatoms. The van der Waals surface area contributed by atoms with Crippen molar-refractivity contribution in [1.29, 1.82) is 0 Å². The molecule has 1 aromatic rings. The van der Waals surface area contributed by atoms with E-state index >= 15 is 0 Å². The molecule has 2 atom stereocenters. The fourth-order valence-corrected chi connectivity index (χ4v) is 2.61. The first-order valence-corrected chi connectivity index (χ1v) is 8.74. The minimum absolute atomic E-state index is 0.0820. The average Bonchev–Trinajstić information content (AvgIpc) is 2.35. The van der Waals surface area contributed by atoms with Gasteiger partial charge in [0.1, 0.15) is 5.02 Å². The van der Waals surface area contributed by atoms with Crippen LogP contribution < -0.4 is 10.9 Å². The quantitative estimate of drug-likeness (QED) is 0.836. The van der Waals surface area contributed by atoms with Crippen LogP contribution in [0.3, 0.4) is 0 Å². The van der Waals surface area contributed by atoms with E-state index in [1.807, 2.05) is 20.8 Å². The molecular weight excluding hydrogens is 298 g/mol. The van der Waals surface area contributed by atoms with Crippen molar-refractivity contribution in [2.24, 2.45) is 5.92 Å². The monoisotopic (exact) mass is 319 g/mol. The molecule has 0 radical (unpaired) electrons. The summed E-state index contributed by atoms with van der Waals surface area (Å²) in [4.78, 5) is 12.1. The summed E-state index contributed by atoms with van der Waals surface area (Å²) in [6, 6.07) is 0.0820. The predicted octanol–water partition coefficient (Wildman–Crippen LogP) is 2.12. The topological polar surface area (TPSA) is 64.0 Å². The van der Waals surface area contributed by atoms with Gasteiger partial charge in [0.15, 0.2) is 0 Å². The van der Waals surface area contributed by atoms with E-state index in [2.05, 4.69) is 10.4 Å². The molecule has 0 saturated heterocycles. The van der Waals surface area contributed by atoms with Crippen molar-refractivity contribution >= 4 is 28.1 Å². The first kappa shape index (κ1) is 17.2. The fraction of sp³-hybridized carbons (Fsp3) is 0.692. The van der Waals surface area contributed by atoms with Crippen LogP contribution in [0.5, 0.6) is 0 Å². The normalized spacial score (nSPS) is 14.3. The second-order valence-electron chi connectivity index (χ2n) is 5.36. The van der Waals surface area contributed by atoms with Crippen LogP contribution in [0, 0.1) is 5.92 Å².